The van der Waals surface area contributed by atoms with Gasteiger partial charge in [0.1, 0.15) is 6.54 Å². The molecule has 0 aromatic heterocycles. The number of amides is 2. The highest BCUT2D eigenvalue weighted by Gasteiger charge is 2.36. The van der Waals surface area contributed by atoms with Crippen molar-refractivity contribution in [3.8, 4) is 0 Å². The van der Waals surface area contributed by atoms with Crippen molar-refractivity contribution in [3.05, 3.63) is 40.3 Å². The molecule has 6 heteroatoms. The van der Waals surface area contributed by atoms with Gasteiger partial charge in [-0.25, -0.2) is 0 Å². The number of benzene rings is 1. The first-order chi connectivity index (χ1) is 11.2. The number of imide groups is 1. The summed E-state index contributed by atoms with van der Waals surface area (Å²) in [7, 11) is 0. The van der Waals surface area contributed by atoms with Crippen LogP contribution in [-0.4, -0.2) is 35.2 Å². The predicted molar refractivity (Wildman–Crippen MR) is 94.5 cm³/mol. The monoisotopic (exact) mass is 347 g/mol. The second-order valence-electron chi connectivity index (χ2n) is 6.44. The van der Waals surface area contributed by atoms with E-state index in [-0.39, 0.29) is 18.6 Å². The van der Waals surface area contributed by atoms with Crippen molar-refractivity contribution in [3.63, 3.8) is 0 Å². The molecule has 0 N–H and O–H groups in total. The van der Waals surface area contributed by atoms with Gasteiger partial charge in [-0.15, -0.1) is 0 Å². The summed E-state index contributed by atoms with van der Waals surface area (Å²) in [5.74, 6) is -1.05. The van der Waals surface area contributed by atoms with Crippen LogP contribution in [0.2, 0.25) is 0 Å². The molecule has 24 heavy (non-hydrogen) atoms. The van der Waals surface area contributed by atoms with Gasteiger partial charge in [0.15, 0.2) is 0 Å². The van der Waals surface area contributed by atoms with Crippen LogP contribution in [0.4, 0.5) is 4.79 Å². The van der Waals surface area contributed by atoms with Gasteiger partial charge in [0.05, 0.1) is 11.5 Å². The fraction of sp³-hybridized carbons (Fsp3) is 0.389. The van der Waals surface area contributed by atoms with Gasteiger partial charge in [-0.2, -0.15) is 0 Å². The molecule has 2 amide bonds. The van der Waals surface area contributed by atoms with Crippen LogP contribution in [-0.2, 0) is 19.7 Å². The van der Waals surface area contributed by atoms with Crippen LogP contribution in [0.15, 0.2) is 29.2 Å². The number of hydrogen-bond donors (Lipinski definition) is 0. The van der Waals surface area contributed by atoms with Gasteiger partial charge in [-0.05, 0) is 41.3 Å². The summed E-state index contributed by atoms with van der Waals surface area (Å²) in [6.45, 7) is 7.92. The maximum Gasteiger partial charge on any atom is 0.326 e. The fourth-order valence-corrected chi connectivity index (χ4v) is 3.04. The van der Waals surface area contributed by atoms with E-state index in [1.165, 1.54) is 5.56 Å². The lowest BCUT2D eigenvalue weighted by Crippen LogP contribution is -2.34. The Hall–Kier alpha value is -2.08. The molecule has 1 aromatic carbocycles. The number of carbonyl (C=O) groups is 3. The van der Waals surface area contributed by atoms with Crippen molar-refractivity contribution in [1.82, 2.24) is 4.90 Å². The van der Waals surface area contributed by atoms with Crippen molar-refractivity contribution >= 4 is 35.0 Å². The highest BCUT2D eigenvalue weighted by atomic mass is 32.2. The molecule has 0 spiro atoms. The van der Waals surface area contributed by atoms with E-state index < -0.39 is 17.1 Å². The van der Waals surface area contributed by atoms with Gasteiger partial charge in [-0.3, -0.25) is 19.3 Å². The van der Waals surface area contributed by atoms with E-state index in [1.807, 2.05) is 24.3 Å². The Labute approximate surface area is 146 Å². The summed E-state index contributed by atoms with van der Waals surface area (Å²) in [5.41, 5.74) is 2.08. The van der Waals surface area contributed by atoms with Crippen LogP contribution >= 0.6 is 11.8 Å². The molecular formula is C18H21NO4S. The maximum absolute atomic E-state index is 12.3. The molecule has 1 aromatic rings. The van der Waals surface area contributed by atoms with Crippen LogP contribution in [0, 0.1) is 0 Å². The Balaban J connectivity index is 2.15. The molecule has 128 valence electrons. The minimum Gasteiger partial charge on any atom is -0.465 e. The first-order valence-corrected chi connectivity index (χ1v) is 8.55. The summed E-state index contributed by atoms with van der Waals surface area (Å²) in [5, 5.41) is -0.453. The molecule has 0 unspecified atom stereocenters. The average molecular weight is 347 g/mol. The molecule has 2 rings (SSSR count). The van der Waals surface area contributed by atoms with Crippen molar-refractivity contribution in [2.45, 2.75) is 33.1 Å². The van der Waals surface area contributed by atoms with Crippen LogP contribution < -0.4 is 0 Å². The number of hydrogen-bond acceptors (Lipinski definition) is 5. The largest absolute Gasteiger partial charge is 0.465 e. The SMILES string of the molecule is CCOC(=O)CN1C(=O)S/C(=C\c2ccc(C(C)(C)C)cc2)C1=O. The van der Waals surface area contributed by atoms with Gasteiger partial charge < -0.3 is 4.74 Å². The highest BCUT2D eigenvalue weighted by molar-refractivity contribution is 8.18. The van der Waals surface area contributed by atoms with Gasteiger partial charge >= 0.3 is 5.97 Å². The van der Waals surface area contributed by atoms with Crippen molar-refractivity contribution in [2.24, 2.45) is 0 Å². The topological polar surface area (TPSA) is 63.7 Å². The quantitative estimate of drug-likeness (QED) is 0.615. The zero-order valence-corrected chi connectivity index (χ0v) is 15.1. The minimum atomic E-state index is -0.587. The third kappa shape index (κ3) is 4.26. The number of nitrogens with zero attached hydrogens (tertiary/aromatic N) is 1. The molecule has 0 aliphatic carbocycles. The lowest BCUT2D eigenvalue weighted by molar-refractivity contribution is -0.145. The molecular weight excluding hydrogens is 326 g/mol. The summed E-state index contributed by atoms with van der Waals surface area (Å²) < 4.78 is 4.79. The Kier molecular flexibility index (Phi) is 5.49. The molecule has 5 nitrogen and oxygen atoms in total. The maximum atomic E-state index is 12.3. The minimum absolute atomic E-state index is 0.0516. The van der Waals surface area contributed by atoms with Crippen LogP contribution in [0.3, 0.4) is 0 Å². The van der Waals surface area contributed by atoms with Crippen molar-refractivity contribution in [1.29, 1.82) is 0 Å². The molecule has 0 atom stereocenters. The Morgan fingerprint density at radius 2 is 1.83 bits per heavy atom. The molecule has 0 saturated carbocycles. The van der Waals surface area contributed by atoms with Crippen LogP contribution in [0.5, 0.6) is 0 Å². The zero-order chi connectivity index (χ0) is 17.9. The van der Waals surface area contributed by atoms with E-state index in [1.54, 1.807) is 13.0 Å². The summed E-state index contributed by atoms with van der Waals surface area (Å²) in [6.07, 6.45) is 1.67. The number of esters is 1. The van der Waals surface area contributed by atoms with Gasteiger partial charge in [0, 0.05) is 0 Å². The smallest absolute Gasteiger partial charge is 0.326 e. The molecule has 1 saturated heterocycles. The van der Waals surface area contributed by atoms with E-state index >= 15 is 0 Å². The first kappa shape index (κ1) is 18.3. The van der Waals surface area contributed by atoms with Gasteiger partial charge in [0.2, 0.25) is 0 Å². The predicted octanol–water partition coefficient (Wildman–Crippen LogP) is 3.58. The van der Waals surface area contributed by atoms with Crippen LogP contribution in [0.1, 0.15) is 38.8 Å². The van der Waals surface area contributed by atoms with E-state index in [0.29, 0.717) is 4.91 Å². The van der Waals surface area contributed by atoms with Crippen molar-refractivity contribution in [2.75, 3.05) is 13.2 Å². The van der Waals surface area contributed by atoms with E-state index in [9.17, 15) is 14.4 Å². The normalized spacial score (nSPS) is 16.8. The lowest BCUT2D eigenvalue weighted by Gasteiger charge is -2.18. The Morgan fingerprint density at radius 3 is 2.38 bits per heavy atom. The molecule has 1 fully saturated rings. The second kappa shape index (κ2) is 7.21. The molecule has 1 heterocycles. The third-order valence-electron chi connectivity index (χ3n) is 3.54. The Bertz CT molecular complexity index is 686. The molecule has 1 aliphatic heterocycles. The summed E-state index contributed by atoms with van der Waals surface area (Å²) >= 11 is 0.837. The van der Waals surface area contributed by atoms with Gasteiger partial charge in [-0.1, -0.05) is 45.0 Å². The van der Waals surface area contributed by atoms with E-state index in [2.05, 4.69) is 20.8 Å². The van der Waals surface area contributed by atoms with Gasteiger partial charge in [0.25, 0.3) is 11.1 Å². The average Bonchev–Trinajstić information content (AvgIpc) is 2.75. The lowest BCUT2D eigenvalue weighted by atomic mass is 9.87. The molecule has 1 aliphatic rings. The first-order valence-electron chi connectivity index (χ1n) is 7.74. The summed E-state index contributed by atoms with van der Waals surface area (Å²) in [6, 6.07) is 7.85. The van der Waals surface area contributed by atoms with E-state index in [4.69, 9.17) is 4.74 Å². The van der Waals surface area contributed by atoms with E-state index in [0.717, 1.165) is 22.2 Å². The van der Waals surface area contributed by atoms with Crippen LogP contribution in [0.25, 0.3) is 6.08 Å². The molecule has 0 radical (unpaired) electrons. The zero-order valence-electron chi connectivity index (χ0n) is 14.3. The Morgan fingerprint density at radius 1 is 1.21 bits per heavy atom. The summed E-state index contributed by atoms with van der Waals surface area (Å²) in [4.78, 5) is 36.9. The fourth-order valence-electron chi connectivity index (χ4n) is 2.20. The number of rotatable bonds is 4. The third-order valence-corrected chi connectivity index (χ3v) is 4.45. The number of carbonyl (C=O) groups excluding carboxylic acids is 3. The van der Waals surface area contributed by atoms with Crippen molar-refractivity contribution < 1.29 is 19.1 Å². The number of thioether (sulfide) groups is 1. The second-order valence-corrected chi connectivity index (χ2v) is 7.44. The molecule has 0 bridgehead atoms. The standard InChI is InChI=1S/C18H21NO4S/c1-5-23-15(20)11-19-16(21)14(24-17(19)22)10-12-6-8-13(9-7-12)18(2,3)4/h6-10H,5,11H2,1-4H3/b14-10-. The highest BCUT2D eigenvalue weighted by Crippen LogP contribution is 2.32. The number of ether oxygens (including phenoxy) is 1.